The van der Waals surface area contributed by atoms with Crippen molar-refractivity contribution in [2.75, 3.05) is 54.2 Å². The van der Waals surface area contributed by atoms with Gasteiger partial charge < -0.3 is 30.1 Å². The zero-order valence-electron chi connectivity index (χ0n) is 22.7. The van der Waals surface area contributed by atoms with Crippen LogP contribution in [0.3, 0.4) is 0 Å². The number of ether oxygens (including phenoxy) is 1. The third-order valence-corrected chi connectivity index (χ3v) is 8.33. The number of nitrogens with one attached hydrogen (secondary N) is 3. The van der Waals surface area contributed by atoms with Crippen molar-refractivity contribution >= 4 is 35.4 Å². The molecule has 0 spiro atoms. The van der Waals surface area contributed by atoms with Crippen molar-refractivity contribution in [1.29, 1.82) is 0 Å². The average Bonchev–Trinajstić information content (AvgIpc) is 3.42. The molecule has 4 atom stereocenters. The van der Waals surface area contributed by atoms with Crippen molar-refractivity contribution in [3.05, 3.63) is 30.4 Å². The fourth-order valence-corrected chi connectivity index (χ4v) is 6.22. The second-order valence-electron chi connectivity index (χ2n) is 11.2. The molecule has 3 aromatic rings. The molecule has 3 saturated heterocycles. The van der Waals surface area contributed by atoms with Gasteiger partial charge >= 0.3 is 0 Å². The van der Waals surface area contributed by atoms with Gasteiger partial charge in [0.1, 0.15) is 6.04 Å². The molecule has 210 valence electrons. The molecule has 6 heterocycles. The Labute approximate surface area is 232 Å². The number of piperazine rings is 1. The van der Waals surface area contributed by atoms with Gasteiger partial charge in [0.25, 0.3) is 0 Å². The highest BCUT2D eigenvalue weighted by molar-refractivity contribution is 5.96. The number of carbonyl (C=O) groups excluding carboxylic acids is 1. The van der Waals surface area contributed by atoms with E-state index in [0.29, 0.717) is 60.4 Å². The quantitative estimate of drug-likeness (QED) is 0.375. The molecule has 1 amide bonds. The van der Waals surface area contributed by atoms with Gasteiger partial charge in [0, 0.05) is 75.3 Å². The number of fused-ring (bicyclic) bond motifs is 2. The van der Waals surface area contributed by atoms with Crippen LogP contribution in [0.15, 0.2) is 24.7 Å². The van der Waals surface area contributed by atoms with Gasteiger partial charge in [-0.2, -0.15) is 20.1 Å². The summed E-state index contributed by atoms with van der Waals surface area (Å²) in [6.07, 6.45) is 9.54. The van der Waals surface area contributed by atoms with Gasteiger partial charge in [-0.1, -0.05) is 0 Å². The predicted octanol–water partition coefficient (Wildman–Crippen LogP) is 1.52. The van der Waals surface area contributed by atoms with E-state index in [1.54, 1.807) is 19.5 Å². The number of aromatic nitrogens is 7. The number of carbonyl (C=O) groups is 1. The Morgan fingerprint density at radius 1 is 1.02 bits per heavy atom. The molecular weight excluding hydrogens is 512 g/mol. The average molecular weight is 547 g/mol. The number of H-pyrrole nitrogens is 1. The summed E-state index contributed by atoms with van der Waals surface area (Å²) >= 11 is 0. The minimum atomic E-state index is -0.550. The molecule has 3 N–H and O–H groups in total. The molecule has 4 fully saturated rings. The molecule has 40 heavy (non-hydrogen) atoms. The maximum Gasteiger partial charge on any atom is 0.248 e. The predicted molar refractivity (Wildman–Crippen MR) is 148 cm³/mol. The zero-order valence-corrected chi connectivity index (χ0v) is 22.7. The van der Waals surface area contributed by atoms with Gasteiger partial charge in [-0.25, -0.2) is 4.98 Å². The van der Waals surface area contributed by atoms with E-state index in [4.69, 9.17) is 19.7 Å². The number of likely N-dealkylation sites (tertiary alicyclic amines) is 1. The van der Waals surface area contributed by atoms with Crippen molar-refractivity contribution < 1.29 is 9.53 Å². The van der Waals surface area contributed by atoms with Crippen LogP contribution in [0, 0.1) is 0 Å². The first-order valence-electron chi connectivity index (χ1n) is 14.0. The van der Waals surface area contributed by atoms with Crippen LogP contribution in [0.4, 0.5) is 29.5 Å². The Bertz CT molecular complexity index is 1350. The lowest BCUT2D eigenvalue weighted by Crippen LogP contribution is -2.53. The van der Waals surface area contributed by atoms with Gasteiger partial charge in [-0.3, -0.25) is 14.9 Å². The van der Waals surface area contributed by atoms with Crippen molar-refractivity contribution in [3.63, 3.8) is 0 Å². The highest BCUT2D eigenvalue weighted by Crippen LogP contribution is 2.40. The van der Waals surface area contributed by atoms with E-state index in [0.717, 1.165) is 31.6 Å². The fourth-order valence-electron chi connectivity index (χ4n) is 6.22. The SMILES string of the molecule is CO[C@H]1C[C@@H](C(=O)Nc2cnccn2)N(c2nc(Nc3cc(C4CC4)[nH]n3)nc(N3[C@@H]4CC[C@H]3CN(C)C4)n2)C1. The standard InChI is InChI=1S/C26H34N12O2/c1-36-12-16-5-6-17(13-36)38(16)26-32-24(30-21-10-19(34-35-21)15-3-4-15)31-25(33-26)37-14-18(40-2)9-20(37)23(39)29-22-11-27-7-8-28-22/h7-8,10-11,15-18,20H,3-6,9,12-14H2,1-2H3,(H,28,29,39)(H2,30,31,32,33,34,35)/t16-,17+,18-,20-/m0/s1. The summed E-state index contributed by atoms with van der Waals surface area (Å²) in [4.78, 5) is 43.0. The fraction of sp³-hybridized carbons (Fsp3) is 0.577. The maximum absolute atomic E-state index is 13.5. The van der Waals surface area contributed by atoms with E-state index >= 15 is 0 Å². The number of likely N-dealkylation sites (N-methyl/N-ethyl adjacent to an activating group) is 1. The van der Waals surface area contributed by atoms with E-state index in [1.807, 2.05) is 11.0 Å². The maximum atomic E-state index is 13.5. The molecule has 2 bridgehead atoms. The molecule has 7 rings (SSSR count). The second-order valence-corrected chi connectivity index (χ2v) is 11.2. The van der Waals surface area contributed by atoms with Gasteiger partial charge in [0.05, 0.1) is 12.3 Å². The summed E-state index contributed by atoms with van der Waals surface area (Å²) in [6, 6.07) is 2.14. The Hall–Kier alpha value is -3.91. The van der Waals surface area contributed by atoms with E-state index in [-0.39, 0.29) is 12.0 Å². The highest BCUT2D eigenvalue weighted by Gasteiger charge is 2.43. The summed E-state index contributed by atoms with van der Waals surface area (Å²) in [5.74, 6) is 2.87. The van der Waals surface area contributed by atoms with Crippen molar-refractivity contribution in [1.82, 2.24) is 40.0 Å². The summed E-state index contributed by atoms with van der Waals surface area (Å²) in [6.45, 7) is 2.40. The first-order valence-corrected chi connectivity index (χ1v) is 14.0. The summed E-state index contributed by atoms with van der Waals surface area (Å²) in [5.41, 5.74) is 1.12. The monoisotopic (exact) mass is 546 g/mol. The van der Waals surface area contributed by atoms with Crippen molar-refractivity contribution in [3.8, 4) is 0 Å². The Morgan fingerprint density at radius 3 is 2.55 bits per heavy atom. The number of anilines is 5. The molecule has 0 radical (unpaired) electrons. The number of aromatic amines is 1. The van der Waals surface area contributed by atoms with Crippen LogP contribution in [0.2, 0.25) is 0 Å². The van der Waals surface area contributed by atoms with Crippen LogP contribution in [0.25, 0.3) is 0 Å². The van der Waals surface area contributed by atoms with E-state index in [9.17, 15) is 4.79 Å². The molecule has 14 heteroatoms. The van der Waals surface area contributed by atoms with Crippen molar-refractivity contribution in [2.24, 2.45) is 0 Å². The minimum absolute atomic E-state index is 0.151. The van der Waals surface area contributed by atoms with Crippen LogP contribution >= 0.6 is 0 Å². The Kier molecular flexibility index (Phi) is 6.42. The van der Waals surface area contributed by atoms with Crippen LogP contribution < -0.4 is 20.4 Å². The largest absolute Gasteiger partial charge is 0.380 e. The number of methoxy groups -OCH3 is 1. The topological polar surface area (TPSA) is 153 Å². The summed E-state index contributed by atoms with van der Waals surface area (Å²) in [7, 11) is 3.83. The molecule has 14 nitrogen and oxygen atoms in total. The first kappa shape index (κ1) is 25.1. The number of amides is 1. The lowest BCUT2D eigenvalue weighted by Gasteiger charge is -2.39. The lowest BCUT2D eigenvalue weighted by atomic mass is 10.2. The minimum Gasteiger partial charge on any atom is -0.380 e. The van der Waals surface area contributed by atoms with Gasteiger partial charge in [0.2, 0.25) is 23.8 Å². The van der Waals surface area contributed by atoms with Crippen LogP contribution in [-0.2, 0) is 9.53 Å². The Morgan fingerprint density at radius 2 is 1.82 bits per heavy atom. The molecule has 1 saturated carbocycles. The zero-order chi connectivity index (χ0) is 27.2. The molecular formula is C26H34N12O2. The second kappa shape index (κ2) is 10.2. The van der Waals surface area contributed by atoms with E-state index in [2.05, 4.69) is 47.6 Å². The van der Waals surface area contributed by atoms with E-state index in [1.165, 1.54) is 19.0 Å². The molecule has 3 aromatic heterocycles. The van der Waals surface area contributed by atoms with Crippen LogP contribution in [0.5, 0.6) is 0 Å². The molecule has 4 aliphatic rings. The number of hydrogen-bond donors (Lipinski definition) is 3. The third kappa shape index (κ3) is 4.92. The molecule has 0 aromatic carbocycles. The van der Waals surface area contributed by atoms with Crippen LogP contribution in [0.1, 0.15) is 43.7 Å². The summed E-state index contributed by atoms with van der Waals surface area (Å²) in [5, 5.41) is 13.8. The van der Waals surface area contributed by atoms with Crippen LogP contribution in [-0.4, -0.2) is 104 Å². The number of nitrogens with zero attached hydrogens (tertiary/aromatic N) is 9. The third-order valence-electron chi connectivity index (χ3n) is 8.33. The van der Waals surface area contributed by atoms with E-state index < -0.39 is 6.04 Å². The number of rotatable bonds is 8. The van der Waals surface area contributed by atoms with Gasteiger partial charge in [0.15, 0.2) is 11.6 Å². The number of hydrogen-bond acceptors (Lipinski definition) is 12. The molecule has 0 unspecified atom stereocenters. The van der Waals surface area contributed by atoms with Gasteiger partial charge in [-0.15, -0.1) is 0 Å². The smallest absolute Gasteiger partial charge is 0.248 e. The van der Waals surface area contributed by atoms with Gasteiger partial charge in [-0.05, 0) is 32.7 Å². The normalized spacial score (nSPS) is 26.4. The van der Waals surface area contributed by atoms with Crippen molar-refractivity contribution in [2.45, 2.75) is 62.3 Å². The lowest BCUT2D eigenvalue weighted by molar-refractivity contribution is -0.117. The molecule has 1 aliphatic carbocycles. The Balaban J connectivity index is 1.23. The highest BCUT2D eigenvalue weighted by atomic mass is 16.5. The first-order chi connectivity index (χ1) is 19.5. The summed E-state index contributed by atoms with van der Waals surface area (Å²) < 4.78 is 5.69. The molecule has 3 aliphatic heterocycles.